The minimum Gasteiger partial charge on any atom is -0.419 e. The van der Waals surface area contributed by atoms with Crippen molar-refractivity contribution in [3.8, 4) is 0 Å². The highest BCUT2D eigenvalue weighted by Crippen LogP contribution is 2.22. The standard InChI is InChI=1S/C10H13NO5/c1-6(12)11-5-4-7-8(13)15-10(2,3)16-9(7)14/h4H,5H2,1-3H3,(H,11,12). The zero-order chi connectivity index (χ0) is 12.3. The first kappa shape index (κ1) is 12.2. The predicted molar refractivity (Wildman–Crippen MR) is 53.0 cm³/mol. The largest absolute Gasteiger partial charge is 0.419 e. The maximum atomic E-state index is 11.4. The molecule has 0 atom stereocenters. The summed E-state index contributed by atoms with van der Waals surface area (Å²) in [5.41, 5.74) is -0.201. The lowest BCUT2D eigenvalue weighted by Gasteiger charge is -2.29. The van der Waals surface area contributed by atoms with Gasteiger partial charge in [0.2, 0.25) is 5.91 Å². The Kier molecular flexibility index (Phi) is 3.31. The van der Waals surface area contributed by atoms with Crippen molar-refractivity contribution in [3.05, 3.63) is 11.6 Å². The number of rotatable bonds is 2. The van der Waals surface area contributed by atoms with Crippen LogP contribution in [0.15, 0.2) is 11.6 Å². The summed E-state index contributed by atoms with van der Waals surface area (Å²) in [6.07, 6.45) is 1.27. The van der Waals surface area contributed by atoms with Crippen molar-refractivity contribution in [1.82, 2.24) is 5.32 Å². The molecule has 0 unspecified atom stereocenters. The fraction of sp³-hybridized carbons (Fsp3) is 0.500. The van der Waals surface area contributed by atoms with E-state index < -0.39 is 17.7 Å². The van der Waals surface area contributed by atoms with Crippen molar-refractivity contribution in [2.75, 3.05) is 6.54 Å². The first-order chi connectivity index (χ1) is 7.32. The molecule has 1 saturated heterocycles. The first-order valence-corrected chi connectivity index (χ1v) is 4.73. The molecule has 1 fully saturated rings. The van der Waals surface area contributed by atoms with Gasteiger partial charge < -0.3 is 14.8 Å². The second-order valence-corrected chi connectivity index (χ2v) is 3.73. The van der Waals surface area contributed by atoms with E-state index in [4.69, 9.17) is 9.47 Å². The molecule has 1 rings (SSSR count). The molecule has 1 N–H and O–H groups in total. The van der Waals surface area contributed by atoms with Gasteiger partial charge in [-0.05, 0) is 6.08 Å². The van der Waals surface area contributed by atoms with E-state index >= 15 is 0 Å². The van der Waals surface area contributed by atoms with Gasteiger partial charge >= 0.3 is 11.9 Å². The van der Waals surface area contributed by atoms with Gasteiger partial charge in [0.25, 0.3) is 5.79 Å². The van der Waals surface area contributed by atoms with E-state index in [0.717, 1.165) is 0 Å². The molecule has 0 aliphatic carbocycles. The van der Waals surface area contributed by atoms with E-state index in [9.17, 15) is 14.4 Å². The minimum atomic E-state index is -1.24. The van der Waals surface area contributed by atoms with Crippen LogP contribution in [0.1, 0.15) is 20.8 Å². The van der Waals surface area contributed by atoms with Crippen molar-refractivity contribution in [3.63, 3.8) is 0 Å². The second-order valence-electron chi connectivity index (χ2n) is 3.73. The average molecular weight is 227 g/mol. The zero-order valence-electron chi connectivity index (χ0n) is 9.33. The Morgan fingerprint density at radius 2 is 1.81 bits per heavy atom. The fourth-order valence-electron chi connectivity index (χ4n) is 1.12. The molecular formula is C10H13NO5. The molecule has 1 aliphatic heterocycles. The van der Waals surface area contributed by atoms with Gasteiger partial charge in [-0.25, -0.2) is 9.59 Å². The highest BCUT2D eigenvalue weighted by atomic mass is 16.7. The number of cyclic esters (lactones) is 2. The number of nitrogens with one attached hydrogen (secondary N) is 1. The number of hydrogen-bond donors (Lipinski definition) is 1. The van der Waals surface area contributed by atoms with E-state index in [1.807, 2.05) is 0 Å². The monoisotopic (exact) mass is 227 g/mol. The topological polar surface area (TPSA) is 81.7 Å². The van der Waals surface area contributed by atoms with Crippen molar-refractivity contribution in [1.29, 1.82) is 0 Å². The van der Waals surface area contributed by atoms with E-state index in [-0.39, 0.29) is 18.0 Å². The van der Waals surface area contributed by atoms with Crippen LogP contribution in [0.25, 0.3) is 0 Å². The summed E-state index contributed by atoms with van der Waals surface area (Å²) in [6.45, 7) is 4.34. The summed E-state index contributed by atoms with van der Waals surface area (Å²) < 4.78 is 9.70. The van der Waals surface area contributed by atoms with E-state index in [0.29, 0.717) is 0 Å². The summed E-state index contributed by atoms with van der Waals surface area (Å²) in [4.78, 5) is 33.4. The van der Waals surface area contributed by atoms with Crippen molar-refractivity contribution in [2.45, 2.75) is 26.6 Å². The molecule has 6 heteroatoms. The maximum absolute atomic E-state index is 11.4. The summed E-state index contributed by atoms with van der Waals surface area (Å²) in [6, 6.07) is 0. The number of hydrogen-bond acceptors (Lipinski definition) is 5. The lowest BCUT2D eigenvalue weighted by Crippen LogP contribution is -2.42. The molecule has 1 aliphatic rings. The molecular weight excluding hydrogens is 214 g/mol. The Hall–Kier alpha value is -1.85. The summed E-state index contributed by atoms with van der Waals surface area (Å²) >= 11 is 0. The zero-order valence-corrected chi connectivity index (χ0v) is 9.33. The van der Waals surface area contributed by atoms with E-state index in [1.165, 1.54) is 26.8 Å². The minimum absolute atomic E-state index is 0.0787. The van der Waals surface area contributed by atoms with Crippen molar-refractivity contribution in [2.24, 2.45) is 0 Å². The fourth-order valence-corrected chi connectivity index (χ4v) is 1.12. The number of amides is 1. The van der Waals surface area contributed by atoms with Crippen LogP contribution >= 0.6 is 0 Å². The van der Waals surface area contributed by atoms with Gasteiger partial charge in [0.1, 0.15) is 5.57 Å². The highest BCUT2D eigenvalue weighted by molar-refractivity contribution is 6.15. The van der Waals surface area contributed by atoms with E-state index in [1.54, 1.807) is 0 Å². The lowest BCUT2D eigenvalue weighted by atomic mass is 10.2. The van der Waals surface area contributed by atoms with Gasteiger partial charge in [0.05, 0.1) is 0 Å². The van der Waals surface area contributed by atoms with Crippen LogP contribution in [0.3, 0.4) is 0 Å². The molecule has 88 valence electrons. The number of ether oxygens (including phenoxy) is 2. The first-order valence-electron chi connectivity index (χ1n) is 4.73. The Morgan fingerprint density at radius 3 is 2.25 bits per heavy atom. The van der Waals surface area contributed by atoms with Crippen LogP contribution in [0, 0.1) is 0 Å². The van der Waals surface area contributed by atoms with Crippen LogP contribution in [-0.2, 0) is 23.9 Å². The van der Waals surface area contributed by atoms with Gasteiger partial charge in [0.15, 0.2) is 0 Å². The summed E-state index contributed by atoms with van der Waals surface area (Å²) in [5, 5.41) is 2.42. The third-order valence-electron chi connectivity index (χ3n) is 1.77. The molecule has 0 spiro atoms. The van der Waals surface area contributed by atoms with Crippen LogP contribution in [0.4, 0.5) is 0 Å². The SMILES string of the molecule is CC(=O)NCC=C1C(=O)OC(C)(C)OC1=O. The number of carbonyl (C=O) groups is 3. The molecule has 0 bridgehead atoms. The summed E-state index contributed by atoms with van der Waals surface area (Å²) in [5.74, 6) is -2.98. The molecule has 0 aromatic rings. The van der Waals surface area contributed by atoms with Crippen LogP contribution in [-0.4, -0.2) is 30.2 Å². The van der Waals surface area contributed by atoms with Gasteiger partial charge in [-0.3, -0.25) is 4.79 Å². The molecule has 0 saturated carbocycles. The molecule has 0 aromatic carbocycles. The quantitative estimate of drug-likeness (QED) is 0.404. The predicted octanol–water partition coefficient (Wildman–Crippen LogP) is -0.115. The molecule has 0 aromatic heterocycles. The summed E-state index contributed by atoms with van der Waals surface area (Å²) in [7, 11) is 0. The molecule has 1 heterocycles. The van der Waals surface area contributed by atoms with Gasteiger partial charge in [-0.1, -0.05) is 0 Å². The third kappa shape index (κ3) is 3.08. The molecule has 6 nitrogen and oxygen atoms in total. The smallest absolute Gasteiger partial charge is 0.348 e. The third-order valence-corrected chi connectivity index (χ3v) is 1.77. The molecule has 16 heavy (non-hydrogen) atoms. The van der Waals surface area contributed by atoms with Crippen LogP contribution in [0.2, 0.25) is 0 Å². The maximum Gasteiger partial charge on any atom is 0.348 e. The lowest BCUT2D eigenvalue weighted by molar-refractivity contribution is -0.222. The molecule has 1 amide bonds. The van der Waals surface area contributed by atoms with Crippen molar-refractivity contribution < 1.29 is 23.9 Å². The van der Waals surface area contributed by atoms with Crippen LogP contribution in [0.5, 0.6) is 0 Å². The van der Waals surface area contributed by atoms with Crippen LogP contribution < -0.4 is 5.32 Å². The number of esters is 2. The molecule has 0 radical (unpaired) electrons. The Balaban J connectivity index is 2.71. The Bertz CT molecular complexity index is 347. The Morgan fingerprint density at radius 1 is 1.31 bits per heavy atom. The van der Waals surface area contributed by atoms with Gasteiger partial charge in [-0.2, -0.15) is 0 Å². The van der Waals surface area contributed by atoms with E-state index in [2.05, 4.69) is 5.32 Å². The Labute approximate surface area is 92.6 Å². The highest BCUT2D eigenvalue weighted by Gasteiger charge is 2.38. The van der Waals surface area contributed by atoms with Crippen molar-refractivity contribution >= 4 is 17.8 Å². The number of carbonyl (C=O) groups excluding carboxylic acids is 3. The normalized spacial score (nSPS) is 18.6. The second kappa shape index (κ2) is 4.34. The average Bonchev–Trinajstić information content (AvgIpc) is 2.07. The van der Waals surface area contributed by atoms with Gasteiger partial charge in [-0.15, -0.1) is 0 Å². The van der Waals surface area contributed by atoms with Gasteiger partial charge in [0, 0.05) is 27.3 Å².